The van der Waals surface area contributed by atoms with E-state index in [0.29, 0.717) is 12.4 Å². The second-order valence-electron chi connectivity index (χ2n) is 4.17. The van der Waals surface area contributed by atoms with Crippen LogP contribution in [0.3, 0.4) is 0 Å². The highest BCUT2D eigenvalue weighted by Gasteiger charge is 2.20. The largest absolute Gasteiger partial charge is 0.377 e. The van der Waals surface area contributed by atoms with E-state index >= 15 is 0 Å². The summed E-state index contributed by atoms with van der Waals surface area (Å²) in [7, 11) is -3.49. The van der Waals surface area contributed by atoms with Gasteiger partial charge in [-0.25, -0.2) is 18.1 Å². The molecule has 1 aliphatic heterocycles. The Morgan fingerprint density at radius 1 is 1.59 bits per heavy atom. The number of ether oxygens (including phenoxy) is 1. The monoisotopic (exact) mass is 259 g/mol. The Kier molecular flexibility index (Phi) is 3.80. The molecule has 17 heavy (non-hydrogen) atoms. The third-order valence-electron chi connectivity index (χ3n) is 2.74. The van der Waals surface area contributed by atoms with Gasteiger partial charge in [0.05, 0.1) is 12.3 Å². The van der Waals surface area contributed by atoms with Crippen LogP contribution < -0.4 is 4.72 Å². The fraction of sp³-hybridized carbons (Fsp3) is 0.700. The summed E-state index contributed by atoms with van der Waals surface area (Å²) in [6.45, 7) is 2.75. The van der Waals surface area contributed by atoms with Crippen molar-refractivity contribution in [1.82, 2.24) is 14.7 Å². The number of aromatic nitrogens is 2. The Hall–Kier alpha value is -0.920. The number of hydrogen-bond acceptors (Lipinski definition) is 4. The van der Waals surface area contributed by atoms with Crippen LogP contribution in [0.5, 0.6) is 0 Å². The summed E-state index contributed by atoms with van der Waals surface area (Å²) in [4.78, 5) is 6.57. The summed E-state index contributed by atoms with van der Waals surface area (Å²) in [6, 6.07) is 0. The molecule has 1 aromatic heterocycles. The van der Waals surface area contributed by atoms with Gasteiger partial charge in [0.2, 0.25) is 0 Å². The SMILES string of the molecule is Cc1ncc(S(=O)(=O)NCC2CCCCO2)[nH]1. The first-order valence-electron chi connectivity index (χ1n) is 5.71. The average Bonchev–Trinajstić information content (AvgIpc) is 2.76. The number of aromatic amines is 1. The second-order valence-corrected chi connectivity index (χ2v) is 5.91. The molecule has 2 heterocycles. The number of sulfonamides is 1. The van der Waals surface area contributed by atoms with Gasteiger partial charge in [-0.1, -0.05) is 0 Å². The van der Waals surface area contributed by atoms with Crippen LogP contribution in [0, 0.1) is 6.92 Å². The van der Waals surface area contributed by atoms with E-state index in [-0.39, 0.29) is 11.1 Å². The molecule has 0 spiro atoms. The Bertz CT molecular complexity index is 463. The van der Waals surface area contributed by atoms with Crippen molar-refractivity contribution < 1.29 is 13.2 Å². The van der Waals surface area contributed by atoms with Gasteiger partial charge >= 0.3 is 0 Å². The fourth-order valence-electron chi connectivity index (χ4n) is 1.78. The number of rotatable bonds is 4. The maximum Gasteiger partial charge on any atom is 0.257 e. The van der Waals surface area contributed by atoms with Crippen LogP contribution in [0.15, 0.2) is 11.2 Å². The minimum atomic E-state index is -3.49. The van der Waals surface area contributed by atoms with Crippen LogP contribution in [-0.4, -0.2) is 37.6 Å². The van der Waals surface area contributed by atoms with Gasteiger partial charge < -0.3 is 9.72 Å². The van der Waals surface area contributed by atoms with E-state index in [0.717, 1.165) is 25.9 Å². The summed E-state index contributed by atoms with van der Waals surface area (Å²) in [6.07, 6.45) is 4.37. The summed E-state index contributed by atoms with van der Waals surface area (Å²) in [5, 5.41) is 0.103. The van der Waals surface area contributed by atoms with E-state index in [2.05, 4.69) is 14.7 Å². The minimum Gasteiger partial charge on any atom is -0.377 e. The van der Waals surface area contributed by atoms with Gasteiger partial charge in [0.15, 0.2) is 5.03 Å². The molecule has 96 valence electrons. The quantitative estimate of drug-likeness (QED) is 0.827. The van der Waals surface area contributed by atoms with Crippen LogP contribution in [0.2, 0.25) is 0 Å². The lowest BCUT2D eigenvalue weighted by Gasteiger charge is -2.22. The van der Waals surface area contributed by atoms with E-state index in [1.54, 1.807) is 6.92 Å². The van der Waals surface area contributed by atoms with Crippen molar-refractivity contribution in [3.05, 3.63) is 12.0 Å². The molecule has 1 fully saturated rings. The van der Waals surface area contributed by atoms with Gasteiger partial charge in [-0.3, -0.25) is 0 Å². The first-order chi connectivity index (χ1) is 8.08. The zero-order chi connectivity index (χ0) is 12.3. The van der Waals surface area contributed by atoms with Crippen LogP contribution in [0.1, 0.15) is 25.1 Å². The molecular weight excluding hydrogens is 242 g/mol. The normalized spacial score (nSPS) is 21.6. The van der Waals surface area contributed by atoms with E-state index in [1.807, 2.05) is 0 Å². The highest BCUT2D eigenvalue weighted by Crippen LogP contribution is 2.12. The van der Waals surface area contributed by atoms with Crippen molar-refractivity contribution in [2.24, 2.45) is 0 Å². The number of hydrogen-bond donors (Lipinski definition) is 2. The first-order valence-corrected chi connectivity index (χ1v) is 7.19. The third-order valence-corrected chi connectivity index (χ3v) is 4.08. The smallest absolute Gasteiger partial charge is 0.257 e. The maximum absolute atomic E-state index is 11.9. The van der Waals surface area contributed by atoms with Crippen molar-refractivity contribution in [3.8, 4) is 0 Å². The standard InChI is InChI=1S/C10H17N3O3S/c1-8-11-7-10(13-8)17(14,15)12-6-9-4-2-3-5-16-9/h7,9,12H,2-6H2,1H3,(H,11,13). The molecule has 1 saturated heterocycles. The molecule has 2 rings (SSSR count). The highest BCUT2D eigenvalue weighted by molar-refractivity contribution is 7.89. The van der Waals surface area contributed by atoms with Crippen LogP contribution in [0.25, 0.3) is 0 Å². The van der Waals surface area contributed by atoms with E-state index in [1.165, 1.54) is 6.20 Å². The summed E-state index contributed by atoms with van der Waals surface area (Å²) < 4.78 is 31.7. The second kappa shape index (κ2) is 5.16. The molecular formula is C10H17N3O3S. The third kappa shape index (κ3) is 3.27. The predicted molar refractivity (Wildman–Crippen MR) is 62.1 cm³/mol. The minimum absolute atomic E-state index is 0.0115. The van der Waals surface area contributed by atoms with Gasteiger partial charge in [0.25, 0.3) is 10.0 Å². The number of nitrogens with zero attached hydrogens (tertiary/aromatic N) is 1. The van der Waals surface area contributed by atoms with Gasteiger partial charge in [-0.05, 0) is 26.2 Å². The van der Waals surface area contributed by atoms with Crippen molar-refractivity contribution in [2.75, 3.05) is 13.2 Å². The van der Waals surface area contributed by atoms with Gasteiger partial charge in [0.1, 0.15) is 5.82 Å². The fourth-order valence-corrected chi connectivity index (χ4v) is 2.82. The highest BCUT2D eigenvalue weighted by atomic mass is 32.2. The molecule has 0 radical (unpaired) electrons. The molecule has 1 aliphatic rings. The lowest BCUT2D eigenvalue weighted by Crippen LogP contribution is -2.35. The van der Waals surface area contributed by atoms with Crippen molar-refractivity contribution in [2.45, 2.75) is 37.3 Å². The maximum atomic E-state index is 11.9. The Morgan fingerprint density at radius 3 is 3.00 bits per heavy atom. The molecule has 7 heteroatoms. The van der Waals surface area contributed by atoms with Gasteiger partial charge in [0, 0.05) is 13.2 Å². The average molecular weight is 259 g/mol. The summed E-state index contributed by atoms with van der Waals surface area (Å²) in [5.41, 5.74) is 0. The van der Waals surface area contributed by atoms with Gasteiger partial charge in [-0.15, -0.1) is 0 Å². The van der Waals surface area contributed by atoms with E-state index in [4.69, 9.17) is 4.74 Å². The zero-order valence-electron chi connectivity index (χ0n) is 9.77. The molecule has 0 amide bonds. The molecule has 0 bridgehead atoms. The van der Waals surface area contributed by atoms with Crippen molar-refractivity contribution >= 4 is 10.0 Å². The Morgan fingerprint density at radius 2 is 2.41 bits per heavy atom. The Balaban J connectivity index is 1.93. The molecule has 1 unspecified atom stereocenters. The number of aryl methyl sites for hydroxylation is 1. The van der Waals surface area contributed by atoms with E-state index < -0.39 is 10.0 Å². The first kappa shape index (κ1) is 12.5. The van der Waals surface area contributed by atoms with Crippen LogP contribution in [-0.2, 0) is 14.8 Å². The van der Waals surface area contributed by atoms with Gasteiger partial charge in [-0.2, -0.15) is 0 Å². The van der Waals surface area contributed by atoms with Crippen LogP contribution in [0.4, 0.5) is 0 Å². The lowest BCUT2D eigenvalue weighted by atomic mass is 10.1. The van der Waals surface area contributed by atoms with E-state index in [9.17, 15) is 8.42 Å². The molecule has 0 aliphatic carbocycles. The summed E-state index contributed by atoms with van der Waals surface area (Å²) >= 11 is 0. The predicted octanol–water partition coefficient (Wildman–Crippen LogP) is 0.566. The molecule has 0 aromatic carbocycles. The molecule has 1 aromatic rings. The summed E-state index contributed by atoms with van der Waals surface area (Å²) in [5.74, 6) is 0.583. The Labute approximate surface area is 101 Å². The topological polar surface area (TPSA) is 84.1 Å². The van der Waals surface area contributed by atoms with Crippen molar-refractivity contribution in [3.63, 3.8) is 0 Å². The molecule has 0 saturated carbocycles. The molecule has 1 atom stereocenters. The van der Waals surface area contributed by atoms with Crippen LogP contribution >= 0.6 is 0 Å². The number of H-pyrrole nitrogens is 1. The molecule has 6 nitrogen and oxygen atoms in total. The number of nitrogens with one attached hydrogen (secondary N) is 2. The number of imidazole rings is 1. The lowest BCUT2D eigenvalue weighted by molar-refractivity contribution is 0.0200. The van der Waals surface area contributed by atoms with Crippen molar-refractivity contribution in [1.29, 1.82) is 0 Å². The molecule has 2 N–H and O–H groups in total. The zero-order valence-corrected chi connectivity index (χ0v) is 10.6.